The van der Waals surface area contributed by atoms with E-state index in [1.807, 2.05) is 19.2 Å². The topological polar surface area (TPSA) is 37.2 Å². The monoisotopic (exact) mass is 266 g/mol. The summed E-state index contributed by atoms with van der Waals surface area (Å²) in [7, 11) is 4.13. The SMILES string of the molecule is CNCC1Cc2c(n(C)c3ccc(O)cc23)C1.Cl. The van der Waals surface area contributed by atoms with Crippen LogP contribution in [0.15, 0.2) is 18.2 Å². The number of hydrogen-bond donors (Lipinski definition) is 2. The van der Waals surface area contributed by atoms with Crippen molar-refractivity contribution in [2.24, 2.45) is 13.0 Å². The summed E-state index contributed by atoms with van der Waals surface area (Å²) >= 11 is 0. The van der Waals surface area contributed by atoms with E-state index in [0.29, 0.717) is 11.7 Å². The van der Waals surface area contributed by atoms with E-state index in [1.165, 1.54) is 22.2 Å². The van der Waals surface area contributed by atoms with Crippen molar-refractivity contribution >= 4 is 23.3 Å². The van der Waals surface area contributed by atoms with Crippen molar-refractivity contribution in [3.63, 3.8) is 0 Å². The van der Waals surface area contributed by atoms with Gasteiger partial charge < -0.3 is 15.0 Å². The molecule has 1 aromatic carbocycles. The van der Waals surface area contributed by atoms with Crippen LogP contribution in [0, 0.1) is 5.92 Å². The van der Waals surface area contributed by atoms with E-state index in [0.717, 1.165) is 19.4 Å². The van der Waals surface area contributed by atoms with Gasteiger partial charge in [-0.1, -0.05) is 0 Å². The van der Waals surface area contributed by atoms with Crippen LogP contribution in [-0.4, -0.2) is 23.3 Å². The van der Waals surface area contributed by atoms with Crippen molar-refractivity contribution < 1.29 is 5.11 Å². The molecule has 0 radical (unpaired) electrons. The maximum atomic E-state index is 9.62. The lowest BCUT2D eigenvalue weighted by atomic mass is 10.0. The summed E-state index contributed by atoms with van der Waals surface area (Å²) in [5, 5.41) is 14.1. The molecule has 0 spiro atoms. The summed E-state index contributed by atoms with van der Waals surface area (Å²) in [6.07, 6.45) is 2.26. The third kappa shape index (κ3) is 1.88. The number of aromatic hydroxyl groups is 1. The summed E-state index contributed by atoms with van der Waals surface area (Å²) in [4.78, 5) is 0. The molecule has 1 unspecified atom stereocenters. The van der Waals surface area contributed by atoms with Crippen molar-refractivity contribution in [1.29, 1.82) is 0 Å². The quantitative estimate of drug-likeness (QED) is 0.875. The molecule has 2 N–H and O–H groups in total. The van der Waals surface area contributed by atoms with Crippen LogP contribution in [0.3, 0.4) is 0 Å². The molecule has 1 atom stereocenters. The fraction of sp³-hybridized carbons (Fsp3) is 0.429. The molecule has 2 aromatic rings. The normalized spacial score (nSPS) is 17.8. The van der Waals surface area contributed by atoms with Crippen LogP contribution in [0.4, 0.5) is 0 Å². The Bertz CT molecular complexity index is 577. The average Bonchev–Trinajstić information content (AvgIpc) is 2.81. The van der Waals surface area contributed by atoms with Gasteiger partial charge >= 0.3 is 0 Å². The Kier molecular flexibility index (Phi) is 3.55. The molecule has 0 saturated carbocycles. The van der Waals surface area contributed by atoms with E-state index in [-0.39, 0.29) is 12.4 Å². The van der Waals surface area contributed by atoms with Gasteiger partial charge in [0.2, 0.25) is 0 Å². The molecule has 1 aromatic heterocycles. The van der Waals surface area contributed by atoms with Crippen LogP contribution in [0.5, 0.6) is 5.75 Å². The van der Waals surface area contributed by atoms with Gasteiger partial charge in [-0.05, 0) is 56.1 Å². The number of phenols is 1. The van der Waals surface area contributed by atoms with Crippen LogP contribution in [0.1, 0.15) is 11.3 Å². The minimum atomic E-state index is 0. The van der Waals surface area contributed by atoms with Gasteiger partial charge in [-0.3, -0.25) is 0 Å². The maximum Gasteiger partial charge on any atom is 0.116 e. The Morgan fingerprint density at radius 3 is 2.89 bits per heavy atom. The number of hydrogen-bond acceptors (Lipinski definition) is 2. The van der Waals surface area contributed by atoms with Crippen LogP contribution in [0.2, 0.25) is 0 Å². The van der Waals surface area contributed by atoms with Crippen molar-refractivity contribution in [2.75, 3.05) is 13.6 Å². The van der Waals surface area contributed by atoms with Gasteiger partial charge in [0.15, 0.2) is 0 Å². The van der Waals surface area contributed by atoms with Crippen molar-refractivity contribution in [1.82, 2.24) is 9.88 Å². The molecule has 1 aliphatic rings. The number of aromatic nitrogens is 1. The Hall–Kier alpha value is -1.19. The maximum absolute atomic E-state index is 9.62. The zero-order chi connectivity index (χ0) is 12.0. The van der Waals surface area contributed by atoms with Crippen LogP contribution in [-0.2, 0) is 19.9 Å². The standard InChI is InChI=1S/C14H18N2O.ClH/c1-15-8-9-5-11-12-7-10(17)3-4-13(12)16(2)14(11)6-9;/h3-4,7,9,15,17H,5-6,8H2,1-2H3;1H. The molecule has 98 valence electrons. The minimum absolute atomic E-state index is 0. The zero-order valence-electron chi connectivity index (χ0n) is 10.7. The van der Waals surface area contributed by atoms with Gasteiger partial charge in [0, 0.05) is 23.6 Å². The summed E-state index contributed by atoms with van der Waals surface area (Å²) < 4.78 is 2.28. The van der Waals surface area contributed by atoms with Crippen molar-refractivity contribution in [2.45, 2.75) is 12.8 Å². The molecule has 1 heterocycles. The largest absolute Gasteiger partial charge is 0.508 e. The molecule has 0 saturated heterocycles. The first kappa shape index (κ1) is 13.2. The summed E-state index contributed by atoms with van der Waals surface area (Å²) in [6, 6.07) is 5.68. The Morgan fingerprint density at radius 1 is 1.39 bits per heavy atom. The Balaban J connectivity index is 0.00000120. The molecule has 4 heteroatoms. The second-order valence-corrected chi connectivity index (χ2v) is 5.02. The predicted octanol–water partition coefficient (Wildman–Crippen LogP) is 2.24. The lowest BCUT2D eigenvalue weighted by Gasteiger charge is -2.09. The Morgan fingerprint density at radius 2 is 2.17 bits per heavy atom. The van der Waals surface area contributed by atoms with Crippen LogP contribution < -0.4 is 5.32 Å². The van der Waals surface area contributed by atoms with Gasteiger partial charge in [-0.2, -0.15) is 0 Å². The molecule has 0 aliphatic heterocycles. The van der Waals surface area contributed by atoms with Crippen LogP contribution in [0.25, 0.3) is 10.9 Å². The first-order valence-electron chi connectivity index (χ1n) is 6.14. The number of phenolic OH excluding ortho intramolecular Hbond substituents is 1. The van der Waals surface area contributed by atoms with Gasteiger partial charge in [0.25, 0.3) is 0 Å². The average molecular weight is 267 g/mol. The second-order valence-electron chi connectivity index (χ2n) is 5.02. The third-order valence-corrected chi connectivity index (χ3v) is 3.89. The molecule has 3 rings (SSSR count). The molecule has 1 aliphatic carbocycles. The van der Waals surface area contributed by atoms with E-state index in [9.17, 15) is 5.11 Å². The lowest BCUT2D eigenvalue weighted by Crippen LogP contribution is -2.19. The number of halogens is 1. The number of nitrogens with one attached hydrogen (secondary N) is 1. The van der Waals surface area contributed by atoms with E-state index < -0.39 is 0 Å². The van der Waals surface area contributed by atoms with Crippen molar-refractivity contribution in [3.05, 3.63) is 29.5 Å². The minimum Gasteiger partial charge on any atom is -0.508 e. The molecule has 3 nitrogen and oxygen atoms in total. The second kappa shape index (κ2) is 4.82. The summed E-state index contributed by atoms with van der Waals surface area (Å²) in [5.41, 5.74) is 4.10. The fourth-order valence-electron chi connectivity index (χ4n) is 3.12. The Labute approximate surface area is 113 Å². The van der Waals surface area contributed by atoms with E-state index in [1.54, 1.807) is 6.07 Å². The highest BCUT2D eigenvalue weighted by atomic mass is 35.5. The molecular weight excluding hydrogens is 248 g/mol. The highest BCUT2D eigenvalue weighted by Gasteiger charge is 2.26. The van der Waals surface area contributed by atoms with E-state index in [2.05, 4.69) is 16.9 Å². The fourth-order valence-corrected chi connectivity index (χ4v) is 3.12. The van der Waals surface area contributed by atoms with Gasteiger partial charge in [-0.25, -0.2) is 0 Å². The number of benzene rings is 1. The zero-order valence-corrected chi connectivity index (χ0v) is 11.5. The first-order valence-corrected chi connectivity index (χ1v) is 6.14. The number of nitrogens with zero attached hydrogens (tertiary/aromatic N) is 1. The molecule has 18 heavy (non-hydrogen) atoms. The first-order chi connectivity index (χ1) is 8.20. The van der Waals surface area contributed by atoms with Gasteiger partial charge in [0.05, 0.1) is 0 Å². The highest BCUT2D eigenvalue weighted by Crippen LogP contribution is 2.36. The number of fused-ring (bicyclic) bond motifs is 3. The predicted molar refractivity (Wildman–Crippen MR) is 76.7 cm³/mol. The number of aryl methyl sites for hydroxylation is 1. The smallest absolute Gasteiger partial charge is 0.116 e. The summed E-state index contributed by atoms with van der Waals surface area (Å²) in [6.45, 7) is 1.06. The molecular formula is C14H19ClN2O. The lowest BCUT2D eigenvalue weighted by molar-refractivity contribution is 0.476. The third-order valence-electron chi connectivity index (χ3n) is 3.89. The van der Waals surface area contributed by atoms with Gasteiger partial charge in [-0.15, -0.1) is 12.4 Å². The van der Waals surface area contributed by atoms with E-state index >= 15 is 0 Å². The van der Waals surface area contributed by atoms with E-state index in [4.69, 9.17) is 0 Å². The molecule has 0 amide bonds. The van der Waals surface area contributed by atoms with Crippen LogP contribution >= 0.6 is 12.4 Å². The number of rotatable bonds is 2. The van der Waals surface area contributed by atoms with Crippen molar-refractivity contribution in [3.8, 4) is 5.75 Å². The molecule has 0 bridgehead atoms. The molecule has 0 fully saturated rings. The van der Waals surface area contributed by atoms with Gasteiger partial charge in [0.1, 0.15) is 5.75 Å². The highest BCUT2D eigenvalue weighted by molar-refractivity contribution is 5.87. The summed E-state index contributed by atoms with van der Waals surface area (Å²) in [5.74, 6) is 1.06.